The number of carbonyl (C=O) groups is 1. The first-order valence-electron chi connectivity index (χ1n) is 6.50. The fourth-order valence-electron chi connectivity index (χ4n) is 2.02. The van der Waals surface area contributed by atoms with Gasteiger partial charge in [-0.1, -0.05) is 12.1 Å². The van der Waals surface area contributed by atoms with Crippen LogP contribution in [0.25, 0.3) is 10.6 Å². The Balaban J connectivity index is 2.20. The van der Waals surface area contributed by atoms with Gasteiger partial charge in [0.05, 0.1) is 18.4 Å². The zero-order chi connectivity index (χ0) is 14.5. The smallest absolute Gasteiger partial charge is 0.217 e. The minimum Gasteiger partial charge on any atom is -0.496 e. The van der Waals surface area contributed by atoms with Gasteiger partial charge >= 0.3 is 0 Å². The Labute approximate surface area is 122 Å². The van der Waals surface area contributed by atoms with E-state index in [1.54, 1.807) is 18.4 Å². The first kappa shape index (κ1) is 14.5. The van der Waals surface area contributed by atoms with Crippen molar-refractivity contribution < 1.29 is 9.53 Å². The average Bonchev–Trinajstić information content (AvgIpc) is 2.80. The third kappa shape index (κ3) is 3.36. The lowest BCUT2D eigenvalue weighted by Crippen LogP contribution is -2.10. The van der Waals surface area contributed by atoms with Gasteiger partial charge in [-0.15, -0.1) is 11.3 Å². The normalized spacial score (nSPS) is 10.5. The number of rotatable bonds is 6. The summed E-state index contributed by atoms with van der Waals surface area (Å²) in [6, 6.07) is 7.85. The average molecular weight is 290 g/mol. The lowest BCUT2D eigenvalue weighted by molar-refractivity contribution is -0.118. The molecule has 2 N–H and O–H groups in total. The third-order valence-corrected chi connectivity index (χ3v) is 4.31. The summed E-state index contributed by atoms with van der Waals surface area (Å²) in [4.78, 5) is 16.6. The van der Waals surface area contributed by atoms with E-state index in [-0.39, 0.29) is 5.91 Å². The number of aryl methyl sites for hydroxylation is 2. The highest BCUT2D eigenvalue weighted by Crippen LogP contribution is 2.34. The van der Waals surface area contributed by atoms with Gasteiger partial charge in [-0.25, -0.2) is 4.98 Å². The number of aromatic nitrogens is 1. The van der Waals surface area contributed by atoms with Crippen LogP contribution in [0, 0.1) is 6.92 Å². The van der Waals surface area contributed by atoms with E-state index < -0.39 is 0 Å². The monoisotopic (exact) mass is 290 g/mol. The van der Waals surface area contributed by atoms with Crippen LogP contribution < -0.4 is 10.5 Å². The fraction of sp³-hybridized carbons (Fsp3) is 0.333. The molecule has 0 spiro atoms. The summed E-state index contributed by atoms with van der Waals surface area (Å²) in [5.41, 5.74) is 7.18. The van der Waals surface area contributed by atoms with Gasteiger partial charge in [-0.3, -0.25) is 4.79 Å². The van der Waals surface area contributed by atoms with Crippen LogP contribution in [0.1, 0.15) is 23.4 Å². The molecule has 0 radical (unpaired) electrons. The highest BCUT2D eigenvalue weighted by Gasteiger charge is 2.12. The summed E-state index contributed by atoms with van der Waals surface area (Å²) in [5, 5.41) is 0.953. The summed E-state index contributed by atoms with van der Waals surface area (Å²) in [7, 11) is 1.66. The molecule has 1 amide bonds. The van der Waals surface area contributed by atoms with Crippen molar-refractivity contribution in [3.8, 4) is 16.3 Å². The van der Waals surface area contributed by atoms with Crippen LogP contribution in [0.15, 0.2) is 24.3 Å². The number of hydrogen-bond donors (Lipinski definition) is 1. The molecule has 0 unspecified atom stereocenters. The van der Waals surface area contributed by atoms with Crippen LogP contribution in [0.2, 0.25) is 0 Å². The van der Waals surface area contributed by atoms with E-state index in [2.05, 4.69) is 4.98 Å². The molecule has 0 aliphatic rings. The van der Waals surface area contributed by atoms with E-state index >= 15 is 0 Å². The molecule has 5 heteroatoms. The highest BCUT2D eigenvalue weighted by molar-refractivity contribution is 7.15. The van der Waals surface area contributed by atoms with E-state index in [0.717, 1.165) is 34.9 Å². The highest BCUT2D eigenvalue weighted by atomic mass is 32.1. The van der Waals surface area contributed by atoms with Crippen molar-refractivity contribution >= 4 is 17.2 Å². The standard InChI is InChI=1S/C15H18N2O2S/c1-10-13(8-5-9-14(16)18)20-15(17-10)11-6-3-4-7-12(11)19-2/h3-4,6-7H,5,8-9H2,1-2H3,(H2,16,18). The summed E-state index contributed by atoms with van der Waals surface area (Å²) in [5.74, 6) is 0.571. The quantitative estimate of drug-likeness (QED) is 0.889. The second kappa shape index (κ2) is 6.52. The number of carbonyl (C=O) groups excluding carboxylic acids is 1. The summed E-state index contributed by atoms with van der Waals surface area (Å²) < 4.78 is 5.37. The summed E-state index contributed by atoms with van der Waals surface area (Å²) in [6.45, 7) is 2.00. The molecule has 0 aliphatic heterocycles. The molecule has 0 fully saturated rings. The van der Waals surface area contributed by atoms with E-state index in [1.807, 2.05) is 31.2 Å². The fourth-order valence-corrected chi connectivity index (χ4v) is 3.15. The molecule has 106 valence electrons. The van der Waals surface area contributed by atoms with Crippen molar-refractivity contribution in [1.82, 2.24) is 4.98 Å². The molecular formula is C15H18N2O2S. The van der Waals surface area contributed by atoms with E-state index in [0.29, 0.717) is 6.42 Å². The molecule has 0 saturated heterocycles. The topological polar surface area (TPSA) is 65.2 Å². The second-order valence-electron chi connectivity index (χ2n) is 4.55. The van der Waals surface area contributed by atoms with Gasteiger partial charge in [-0.05, 0) is 31.9 Å². The van der Waals surface area contributed by atoms with Crippen LogP contribution in [0.5, 0.6) is 5.75 Å². The number of nitrogens with zero attached hydrogens (tertiary/aromatic N) is 1. The Morgan fingerprint density at radius 3 is 2.85 bits per heavy atom. The largest absolute Gasteiger partial charge is 0.496 e. The Morgan fingerprint density at radius 1 is 1.40 bits per heavy atom. The maximum absolute atomic E-state index is 10.8. The molecule has 1 aromatic carbocycles. The van der Waals surface area contributed by atoms with E-state index in [1.165, 1.54) is 4.88 Å². The molecule has 1 heterocycles. The number of primary amides is 1. The predicted molar refractivity (Wildman–Crippen MR) is 81.0 cm³/mol. The Morgan fingerprint density at radius 2 is 2.15 bits per heavy atom. The first-order valence-corrected chi connectivity index (χ1v) is 7.31. The van der Waals surface area contributed by atoms with Crippen LogP contribution in [0.3, 0.4) is 0 Å². The maximum atomic E-state index is 10.8. The summed E-state index contributed by atoms with van der Waals surface area (Å²) in [6.07, 6.45) is 2.02. The Bertz CT molecular complexity index is 608. The van der Waals surface area contributed by atoms with Crippen molar-refractivity contribution in [3.05, 3.63) is 34.8 Å². The van der Waals surface area contributed by atoms with Crippen LogP contribution in [0.4, 0.5) is 0 Å². The van der Waals surface area contributed by atoms with E-state index in [4.69, 9.17) is 10.5 Å². The first-order chi connectivity index (χ1) is 9.61. The SMILES string of the molecule is COc1ccccc1-c1nc(C)c(CCCC(N)=O)s1. The van der Waals surface area contributed by atoms with Crippen molar-refractivity contribution in [2.75, 3.05) is 7.11 Å². The van der Waals surface area contributed by atoms with Crippen LogP contribution >= 0.6 is 11.3 Å². The van der Waals surface area contributed by atoms with Crippen LogP contribution in [-0.2, 0) is 11.2 Å². The minimum atomic E-state index is -0.253. The van der Waals surface area contributed by atoms with Gasteiger partial charge in [0.2, 0.25) is 5.91 Å². The number of para-hydroxylation sites is 1. The van der Waals surface area contributed by atoms with Gasteiger partial charge in [0, 0.05) is 11.3 Å². The molecule has 0 saturated carbocycles. The molecule has 0 bridgehead atoms. The van der Waals surface area contributed by atoms with Crippen molar-refractivity contribution in [2.24, 2.45) is 5.73 Å². The minimum absolute atomic E-state index is 0.253. The molecule has 2 rings (SSSR count). The van der Waals surface area contributed by atoms with Gasteiger partial charge < -0.3 is 10.5 Å². The Kier molecular flexibility index (Phi) is 4.74. The lowest BCUT2D eigenvalue weighted by atomic mass is 10.2. The van der Waals surface area contributed by atoms with E-state index in [9.17, 15) is 4.79 Å². The number of amides is 1. The number of hydrogen-bond acceptors (Lipinski definition) is 4. The van der Waals surface area contributed by atoms with Gasteiger partial charge in [-0.2, -0.15) is 0 Å². The Hall–Kier alpha value is -1.88. The lowest BCUT2D eigenvalue weighted by Gasteiger charge is -2.04. The molecule has 0 atom stereocenters. The molecule has 4 nitrogen and oxygen atoms in total. The third-order valence-electron chi connectivity index (χ3n) is 3.06. The molecule has 20 heavy (non-hydrogen) atoms. The second-order valence-corrected chi connectivity index (χ2v) is 5.63. The molecule has 1 aromatic heterocycles. The van der Waals surface area contributed by atoms with Gasteiger partial charge in [0.25, 0.3) is 0 Å². The van der Waals surface area contributed by atoms with Crippen molar-refractivity contribution in [3.63, 3.8) is 0 Å². The molecule has 2 aromatic rings. The maximum Gasteiger partial charge on any atom is 0.217 e. The number of thiazole rings is 1. The van der Waals surface area contributed by atoms with Gasteiger partial charge in [0.15, 0.2) is 0 Å². The number of methoxy groups -OCH3 is 1. The predicted octanol–water partition coefficient (Wildman–Crippen LogP) is 2.94. The zero-order valence-corrected chi connectivity index (χ0v) is 12.5. The van der Waals surface area contributed by atoms with Crippen molar-refractivity contribution in [2.45, 2.75) is 26.2 Å². The number of benzene rings is 1. The number of ether oxygens (including phenoxy) is 1. The zero-order valence-electron chi connectivity index (χ0n) is 11.7. The summed E-state index contributed by atoms with van der Waals surface area (Å²) >= 11 is 1.65. The van der Waals surface area contributed by atoms with Crippen LogP contribution in [-0.4, -0.2) is 18.0 Å². The van der Waals surface area contributed by atoms with Gasteiger partial charge in [0.1, 0.15) is 10.8 Å². The molecular weight excluding hydrogens is 272 g/mol. The van der Waals surface area contributed by atoms with Crippen molar-refractivity contribution in [1.29, 1.82) is 0 Å². The molecule has 0 aliphatic carbocycles. The number of nitrogens with two attached hydrogens (primary N) is 1.